The quantitative estimate of drug-likeness (QED) is 0.877. The van der Waals surface area contributed by atoms with Gasteiger partial charge in [-0.3, -0.25) is 0 Å². The summed E-state index contributed by atoms with van der Waals surface area (Å²) in [6.45, 7) is 1.79. The molecule has 1 heterocycles. The van der Waals surface area contributed by atoms with Crippen molar-refractivity contribution in [3.8, 4) is 0 Å². The van der Waals surface area contributed by atoms with Gasteiger partial charge in [-0.1, -0.05) is 22.0 Å². The molecule has 1 aromatic rings. The van der Waals surface area contributed by atoms with E-state index in [2.05, 4.69) is 21.2 Å². The lowest BCUT2D eigenvalue weighted by atomic mass is 9.88. The summed E-state index contributed by atoms with van der Waals surface area (Å²) in [5.74, 6) is -0.185. The van der Waals surface area contributed by atoms with Crippen LogP contribution in [-0.2, 0) is 0 Å². The third-order valence-electron chi connectivity index (χ3n) is 3.13. The Balaban J connectivity index is 2.22. The Bertz CT molecular complexity index is 346. The van der Waals surface area contributed by atoms with E-state index < -0.39 is 6.10 Å². The molecule has 16 heavy (non-hydrogen) atoms. The van der Waals surface area contributed by atoms with E-state index in [0.717, 1.165) is 25.9 Å². The Morgan fingerprint density at radius 3 is 2.69 bits per heavy atom. The first-order chi connectivity index (χ1) is 7.70. The highest BCUT2D eigenvalue weighted by Gasteiger charge is 2.26. The second kappa shape index (κ2) is 5.25. The molecule has 0 unspecified atom stereocenters. The highest BCUT2D eigenvalue weighted by atomic mass is 79.9. The molecule has 0 radical (unpaired) electrons. The molecule has 1 aromatic carbocycles. The summed E-state index contributed by atoms with van der Waals surface area (Å²) in [5, 5.41) is 13.4. The van der Waals surface area contributed by atoms with E-state index in [1.807, 2.05) is 0 Å². The Hall–Kier alpha value is -0.450. The predicted octanol–water partition coefficient (Wildman–Crippen LogP) is 2.62. The Morgan fingerprint density at radius 2 is 2.06 bits per heavy atom. The molecule has 0 amide bonds. The fourth-order valence-electron chi connectivity index (χ4n) is 2.19. The number of piperidine rings is 1. The van der Waals surface area contributed by atoms with Crippen molar-refractivity contribution in [3.05, 3.63) is 34.1 Å². The summed E-state index contributed by atoms with van der Waals surface area (Å²) in [6, 6.07) is 4.80. The van der Waals surface area contributed by atoms with Crippen LogP contribution in [0.15, 0.2) is 22.7 Å². The molecule has 1 fully saturated rings. The second-order valence-electron chi connectivity index (χ2n) is 4.17. The molecule has 2 N–H and O–H groups in total. The maximum atomic E-state index is 13.7. The van der Waals surface area contributed by atoms with Crippen molar-refractivity contribution in [1.82, 2.24) is 5.32 Å². The maximum Gasteiger partial charge on any atom is 0.130 e. The zero-order valence-corrected chi connectivity index (χ0v) is 10.5. The van der Waals surface area contributed by atoms with Gasteiger partial charge >= 0.3 is 0 Å². The van der Waals surface area contributed by atoms with Crippen LogP contribution in [0.25, 0.3) is 0 Å². The summed E-state index contributed by atoms with van der Waals surface area (Å²) in [7, 11) is 0. The van der Waals surface area contributed by atoms with Crippen LogP contribution < -0.4 is 5.32 Å². The number of hydrogen-bond donors (Lipinski definition) is 2. The van der Waals surface area contributed by atoms with Crippen LogP contribution in [0.1, 0.15) is 24.5 Å². The van der Waals surface area contributed by atoms with Crippen molar-refractivity contribution >= 4 is 15.9 Å². The van der Waals surface area contributed by atoms with E-state index in [1.165, 1.54) is 6.07 Å². The molecule has 2 nitrogen and oxygen atoms in total. The van der Waals surface area contributed by atoms with E-state index in [1.54, 1.807) is 12.1 Å². The third-order valence-corrected chi connectivity index (χ3v) is 3.82. The monoisotopic (exact) mass is 287 g/mol. The average Bonchev–Trinajstić information content (AvgIpc) is 2.30. The Kier molecular flexibility index (Phi) is 3.95. The number of aliphatic hydroxyl groups is 1. The van der Waals surface area contributed by atoms with E-state index in [-0.39, 0.29) is 11.7 Å². The molecular formula is C12H15BrFNO. The van der Waals surface area contributed by atoms with Gasteiger partial charge in [0.15, 0.2) is 0 Å². The first-order valence-corrected chi connectivity index (χ1v) is 6.32. The summed E-state index contributed by atoms with van der Waals surface area (Å²) in [4.78, 5) is 0. The predicted molar refractivity (Wildman–Crippen MR) is 64.7 cm³/mol. The van der Waals surface area contributed by atoms with Gasteiger partial charge < -0.3 is 10.4 Å². The molecule has 88 valence electrons. The Morgan fingerprint density at radius 1 is 1.38 bits per heavy atom. The largest absolute Gasteiger partial charge is 0.388 e. The lowest BCUT2D eigenvalue weighted by Crippen LogP contribution is -2.31. The molecule has 0 saturated carbocycles. The number of benzene rings is 1. The summed E-state index contributed by atoms with van der Waals surface area (Å²) >= 11 is 3.30. The molecule has 0 bridgehead atoms. The molecule has 1 atom stereocenters. The minimum Gasteiger partial charge on any atom is -0.388 e. The SMILES string of the molecule is O[C@H](c1c(F)cccc1Br)C1CCNCC1. The van der Waals surface area contributed by atoms with Crippen LogP contribution in [0, 0.1) is 11.7 Å². The van der Waals surface area contributed by atoms with Gasteiger partial charge in [0.25, 0.3) is 0 Å². The summed E-state index contributed by atoms with van der Waals surface area (Å²) < 4.78 is 14.3. The minimum atomic E-state index is -0.710. The maximum absolute atomic E-state index is 13.7. The van der Waals surface area contributed by atoms with Gasteiger partial charge in [-0.2, -0.15) is 0 Å². The molecule has 0 aliphatic carbocycles. The molecule has 0 spiro atoms. The van der Waals surface area contributed by atoms with Crippen molar-refractivity contribution in [3.63, 3.8) is 0 Å². The first-order valence-electron chi connectivity index (χ1n) is 5.53. The lowest BCUT2D eigenvalue weighted by molar-refractivity contribution is 0.0850. The highest BCUT2D eigenvalue weighted by molar-refractivity contribution is 9.10. The van der Waals surface area contributed by atoms with Crippen molar-refractivity contribution < 1.29 is 9.50 Å². The van der Waals surface area contributed by atoms with Crippen LogP contribution in [0.2, 0.25) is 0 Å². The van der Waals surface area contributed by atoms with Gasteiger partial charge in [-0.15, -0.1) is 0 Å². The van der Waals surface area contributed by atoms with Crippen molar-refractivity contribution in [2.24, 2.45) is 5.92 Å². The zero-order chi connectivity index (χ0) is 11.5. The molecule has 1 aliphatic rings. The van der Waals surface area contributed by atoms with Crippen molar-refractivity contribution in [2.75, 3.05) is 13.1 Å². The molecule has 1 saturated heterocycles. The molecule has 4 heteroatoms. The number of rotatable bonds is 2. The minimum absolute atomic E-state index is 0.148. The molecule has 1 aliphatic heterocycles. The van der Waals surface area contributed by atoms with Gasteiger partial charge in [0, 0.05) is 10.0 Å². The fourth-order valence-corrected chi connectivity index (χ4v) is 2.77. The second-order valence-corrected chi connectivity index (χ2v) is 5.02. The van der Waals surface area contributed by atoms with Crippen LogP contribution in [0.4, 0.5) is 4.39 Å². The Labute approximate surface area is 103 Å². The fraction of sp³-hybridized carbons (Fsp3) is 0.500. The zero-order valence-electron chi connectivity index (χ0n) is 8.92. The number of hydrogen-bond acceptors (Lipinski definition) is 2. The molecule has 0 aromatic heterocycles. The van der Waals surface area contributed by atoms with E-state index in [9.17, 15) is 9.50 Å². The first kappa shape index (κ1) is 12.0. The van der Waals surface area contributed by atoms with Gasteiger partial charge in [0.1, 0.15) is 5.82 Å². The summed E-state index contributed by atoms with van der Waals surface area (Å²) in [6.07, 6.45) is 1.07. The average molecular weight is 288 g/mol. The normalized spacial score (nSPS) is 19.7. The molecular weight excluding hydrogens is 273 g/mol. The van der Waals surface area contributed by atoms with Crippen LogP contribution in [-0.4, -0.2) is 18.2 Å². The van der Waals surface area contributed by atoms with Gasteiger partial charge in [-0.25, -0.2) is 4.39 Å². The third kappa shape index (κ3) is 2.44. The topological polar surface area (TPSA) is 32.3 Å². The van der Waals surface area contributed by atoms with Crippen LogP contribution in [0.5, 0.6) is 0 Å². The van der Waals surface area contributed by atoms with Crippen LogP contribution >= 0.6 is 15.9 Å². The number of nitrogens with one attached hydrogen (secondary N) is 1. The van der Waals surface area contributed by atoms with E-state index in [0.29, 0.717) is 10.0 Å². The van der Waals surface area contributed by atoms with Crippen LogP contribution in [0.3, 0.4) is 0 Å². The van der Waals surface area contributed by atoms with Gasteiger partial charge in [-0.05, 0) is 44.0 Å². The molecule has 2 rings (SSSR count). The highest BCUT2D eigenvalue weighted by Crippen LogP contribution is 2.34. The smallest absolute Gasteiger partial charge is 0.130 e. The lowest BCUT2D eigenvalue weighted by Gasteiger charge is -2.28. The van der Waals surface area contributed by atoms with Crippen molar-refractivity contribution in [2.45, 2.75) is 18.9 Å². The standard InChI is InChI=1S/C12H15BrFNO/c13-9-2-1-3-10(14)11(9)12(16)8-4-6-15-7-5-8/h1-3,8,12,15-16H,4-7H2/t12-/m0/s1. The van der Waals surface area contributed by atoms with Crippen molar-refractivity contribution in [1.29, 1.82) is 0 Å². The summed E-state index contributed by atoms with van der Waals surface area (Å²) in [5.41, 5.74) is 0.398. The number of halogens is 2. The van der Waals surface area contributed by atoms with Gasteiger partial charge in [0.05, 0.1) is 6.10 Å². The number of aliphatic hydroxyl groups excluding tert-OH is 1. The van der Waals surface area contributed by atoms with Gasteiger partial charge in [0.2, 0.25) is 0 Å². The van der Waals surface area contributed by atoms with E-state index in [4.69, 9.17) is 0 Å². The van der Waals surface area contributed by atoms with E-state index >= 15 is 0 Å².